The van der Waals surface area contributed by atoms with Gasteiger partial charge in [0.05, 0.1) is 20.6 Å². The minimum absolute atomic E-state index is 0.123. The highest BCUT2D eigenvalue weighted by Crippen LogP contribution is 2.25. The second kappa shape index (κ2) is 7.73. The van der Waals surface area contributed by atoms with Crippen LogP contribution in [0.3, 0.4) is 0 Å². The maximum atomic E-state index is 12.1. The Hall–Kier alpha value is -2.41. The molecule has 1 aromatic carbocycles. The molecule has 1 amide bonds. The van der Waals surface area contributed by atoms with Crippen molar-refractivity contribution in [2.75, 3.05) is 14.2 Å². The highest BCUT2D eigenvalue weighted by atomic mass is 32.1. The van der Waals surface area contributed by atoms with Crippen LogP contribution in [-0.2, 0) is 9.53 Å². The molecule has 0 aliphatic heterocycles. The number of rotatable bonds is 6. The largest absolute Gasteiger partial charge is 0.497 e. The lowest BCUT2D eigenvalue weighted by molar-refractivity contribution is -0.141. The fourth-order valence-electron chi connectivity index (χ4n) is 1.93. The number of carbonyl (C=O) groups is 2. The predicted molar refractivity (Wildman–Crippen MR) is 87.7 cm³/mol. The Morgan fingerprint density at radius 1 is 1.26 bits per heavy atom. The molecule has 23 heavy (non-hydrogen) atoms. The average molecular weight is 334 g/mol. The molecule has 0 aliphatic carbocycles. The maximum Gasteiger partial charge on any atom is 0.307 e. The number of esters is 1. The van der Waals surface area contributed by atoms with Gasteiger partial charge in [-0.3, -0.25) is 9.59 Å². The number of benzene rings is 1. The van der Waals surface area contributed by atoms with Crippen molar-refractivity contribution in [3.63, 3.8) is 0 Å². The first-order valence-corrected chi connectivity index (χ1v) is 7.89. The first-order chi connectivity index (χ1) is 11.0. The molecule has 1 aromatic heterocycles. The highest BCUT2D eigenvalue weighted by Gasteiger charge is 2.16. The summed E-state index contributed by atoms with van der Waals surface area (Å²) in [6, 6.07) is 7.14. The van der Waals surface area contributed by atoms with Crippen molar-refractivity contribution < 1.29 is 19.1 Å². The second-order valence-electron chi connectivity index (χ2n) is 4.92. The van der Waals surface area contributed by atoms with Crippen LogP contribution in [0.2, 0.25) is 0 Å². The summed E-state index contributed by atoms with van der Waals surface area (Å²) in [6.45, 7) is 1.74. The number of aromatic nitrogens is 1. The topological polar surface area (TPSA) is 77.5 Å². The Bertz CT molecular complexity index is 682. The Labute approximate surface area is 138 Å². The van der Waals surface area contributed by atoms with Crippen molar-refractivity contribution in [1.29, 1.82) is 0 Å². The summed E-state index contributed by atoms with van der Waals surface area (Å²) in [4.78, 5) is 27.7. The van der Waals surface area contributed by atoms with Gasteiger partial charge in [0, 0.05) is 17.0 Å². The molecule has 0 saturated heterocycles. The summed E-state index contributed by atoms with van der Waals surface area (Å²) < 4.78 is 9.69. The number of carbonyl (C=O) groups excluding carboxylic acids is 2. The number of thiazole rings is 1. The van der Waals surface area contributed by atoms with Crippen molar-refractivity contribution >= 4 is 23.2 Å². The number of ether oxygens (including phenoxy) is 2. The normalized spacial score (nSPS) is 11.6. The third kappa shape index (κ3) is 4.53. The van der Waals surface area contributed by atoms with Crippen LogP contribution in [0.1, 0.15) is 23.8 Å². The van der Waals surface area contributed by atoms with Gasteiger partial charge in [0.1, 0.15) is 16.5 Å². The molecule has 7 heteroatoms. The molecular formula is C16H18N2O4S. The van der Waals surface area contributed by atoms with Gasteiger partial charge in [-0.15, -0.1) is 11.3 Å². The zero-order chi connectivity index (χ0) is 16.8. The van der Waals surface area contributed by atoms with E-state index in [2.05, 4.69) is 15.0 Å². The molecule has 0 bridgehead atoms. The van der Waals surface area contributed by atoms with Crippen LogP contribution < -0.4 is 10.1 Å². The van der Waals surface area contributed by atoms with Crippen molar-refractivity contribution in [1.82, 2.24) is 10.3 Å². The summed E-state index contributed by atoms with van der Waals surface area (Å²) in [5, 5.41) is 5.17. The number of hydrogen-bond donors (Lipinski definition) is 1. The Morgan fingerprint density at radius 3 is 2.57 bits per heavy atom. The van der Waals surface area contributed by atoms with Crippen molar-refractivity contribution in [3.05, 3.63) is 35.3 Å². The molecule has 1 heterocycles. The van der Waals surface area contributed by atoms with E-state index in [4.69, 9.17) is 4.74 Å². The lowest BCUT2D eigenvalue weighted by Gasteiger charge is -2.11. The van der Waals surface area contributed by atoms with Gasteiger partial charge in [0.2, 0.25) is 0 Å². The quantitative estimate of drug-likeness (QED) is 0.821. The van der Waals surface area contributed by atoms with Gasteiger partial charge in [-0.25, -0.2) is 4.98 Å². The van der Waals surface area contributed by atoms with Crippen LogP contribution in [-0.4, -0.2) is 37.1 Å². The minimum atomic E-state index is -0.366. The van der Waals surface area contributed by atoms with Gasteiger partial charge < -0.3 is 14.8 Å². The summed E-state index contributed by atoms with van der Waals surface area (Å²) >= 11 is 1.39. The molecule has 0 spiro atoms. The number of hydrogen-bond acceptors (Lipinski definition) is 6. The van der Waals surface area contributed by atoms with Crippen LogP contribution >= 0.6 is 11.3 Å². The van der Waals surface area contributed by atoms with E-state index in [1.807, 2.05) is 24.3 Å². The molecule has 122 valence electrons. The fourth-order valence-corrected chi connectivity index (χ4v) is 2.73. The monoisotopic (exact) mass is 334 g/mol. The third-order valence-corrected chi connectivity index (χ3v) is 4.04. The van der Waals surface area contributed by atoms with E-state index < -0.39 is 0 Å². The van der Waals surface area contributed by atoms with E-state index in [1.165, 1.54) is 18.4 Å². The number of amides is 1. The smallest absolute Gasteiger partial charge is 0.307 e. The van der Waals surface area contributed by atoms with E-state index in [-0.39, 0.29) is 24.3 Å². The van der Waals surface area contributed by atoms with Crippen LogP contribution in [0.25, 0.3) is 10.6 Å². The lowest BCUT2D eigenvalue weighted by atomic mass is 10.2. The van der Waals surface area contributed by atoms with Crippen molar-refractivity contribution in [3.8, 4) is 16.3 Å². The summed E-state index contributed by atoms with van der Waals surface area (Å²) in [7, 11) is 2.93. The molecule has 0 fully saturated rings. The van der Waals surface area contributed by atoms with Gasteiger partial charge >= 0.3 is 5.97 Å². The Morgan fingerprint density at radius 2 is 1.96 bits per heavy atom. The van der Waals surface area contributed by atoms with Gasteiger partial charge in [-0.05, 0) is 31.2 Å². The zero-order valence-corrected chi connectivity index (χ0v) is 14.0. The van der Waals surface area contributed by atoms with Crippen LogP contribution in [0.15, 0.2) is 29.6 Å². The van der Waals surface area contributed by atoms with Gasteiger partial charge in [0.15, 0.2) is 0 Å². The zero-order valence-electron chi connectivity index (χ0n) is 13.2. The SMILES string of the molecule is COC(=O)CC(C)NC(=O)c1csc(-c2ccc(OC)cc2)n1. The van der Waals surface area contributed by atoms with E-state index in [0.717, 1.165) is 16.3 Å². The molecule has 2 aromatic rings. The van der Waals surface area contributed by atoms with Gasteiger partial charge in [-0.2, -0.15) is 0 Å². The van der Waals surface area contributed by atoms with Crippen molar-refractivity contribution in [2.24, 2.45) is 0 Å². The second-order valence-corrected chi connectivity index (χ2v) is 5.78. The lowest BCUT2D eigenvalue weighted by Crippen LogP contribution is -2.34. The molecule has 2 rings (SSSR count). The molecule has 0 saturated carbocycles. The summed E-state index contributed by atoms with van der Waals surface area (Å²) in [5.74, 6) is 0.0901. The number of methoxy groups -OCH3 is 2. The maximum absolute atomic E-state index is 12.1. The fraction of sp³-hybridized carbons (Fsp3) is 0.312. The van der Waals surface area contributed by atoms with E-state index in [9.17, 15) is 9.59 Å². The van der Waals surface area contributed by atoms with Crippen LogP contribution in [0.5, 0.6) is 5.75 Å². The van der Waals surface area contributed by atoms with Gasteiger partial charge in [0.25, 0.3) is 5.91 Å². The standard InChI is InChI=1S/C16H18N2O4S/c1-10(8-14(19)22-3)17-15(20)13-9-23-16(18-13)11-4-6-12(21-2)7-5-11/h4-7,9-10H,8H2,1-3H3,(H,17,20). The molecule has 1 N–H and O–H groups in total. The molecule has 6 nitrogen and oxygen atoms in total. The summed E-state index contributed by atoms with van der Waals surface area (Å²) in [5.41, 5.74) is 1.25. The first-order valence-electron chi connectivity index (χ1n) is 7.01. The Kier molecular flexibility index (Phi) is 5.70. The van der Waals surface area contributed by atoms with Gasteiger partial charge in [-0.1, -0.05) is 0 Å². The minimum Gasteiger partial charge on any atom is -0.497 e. The van der Waals surface area contributed by atoms with Crippen LogP contribution in [0.4, 0.5) is 0 Å². The van der Waals surface area contributed by atoms with E-state index in [1.54, 1.807) is 19.4 Å². The molecule has 1 unspecified atom stereocenters. The van der Waals surface area contributed by atoms with Crippen molar-refractivity contribution in [2.45, 2.75) is 19.4 Å². The predicted octanol–water partition coefficient (Wildman–Crippen LogP) is 2.50. The summed E-state index contributed by atoms with van der Waals surface area (Å²) in [6.07, 6.45) is 0.123. The number of nitrogens with zero attached hydrogens (tertiary/aromatic N) is 1. The highest BCUT2D eigenvalue weighted by molar-refractivity contribution is 7.13. The molecule has 0 radical (unpaired) electrons. The molecule has 1 atom stereocenters. The molecule has 0 aliphatic rings. The molecular weight excluding hydrogens is 316 g/mol. The Balaban J connectivity index is 2.03. The average Bonchev–Trinajstić information content (AvgIpc) is 3.04. The van der Waals surface area contributed by atoms with E-state index in [0.29, 0.717) is 5.69 Å². The van der Waals surface area contributed by atoms with E-state index >= 15 is 0 Å². The third-order valence-electron chi connectivity index (χ3n) is 3.15. The first kappa shape index (κ1) is 17.0. The van der Waals surface area contributed by atoms with Crippen LogP contribution in [0, 0.1) is 0 Å². The number of nitrogens with one attached hydrogen (secondary N) is 1.